The number of rotatable bonds is 2. The number of nitrogens with zero attached hydrogens (tertiary/aromatic N) is 2. The normalized spacial score (nSPS) is 14.5. The molecule has 11 aromatic rings. The zero-order chi connectivity index (χ0) is 34.6. The van der Waals surface area contributed by atoms with E-state index in [4.69, 9.17) is 4.99 Å². The highest BCUT2D eigenvalue weighted by Gasteiger charge is 2.30. The molecule has 3 nitrogen and oxygen atoms in total. The van der Waals surface area contributed by atoms with E-state index in [1.165, 1.54) is 89.7 Å². The van der Waals surface area contributed by atoms with Crippen molar-refractivity contribution >= 4 is 108 Å². The van der Waals surface area contributed by atoms with E-state index in [1.54, 1.807) is 0 Å². The Morgan fingerprint density at radius 1 is 0.472 bits per heavy atom. The molecule has 1 aliphatic heterocycles. The second-order valence-electron chi connectivity index (χ2n) is 13.9. The number of aliphatic imine (C=N–C) groups is 1. The van der Waals surface area contributed by atoms with Crippen molar-refractivity contribution < 1.29 is 0 Å². The lowest BCUT2D eigenvalue weighted by Crippen LogP contribution is -2.36. The molecule has 1 atom stereocenters. The van der Waals surface area contributed by atoms with Crippen molar-refractivity contribution in [3.05, 3.63) is 174 Å². The Hall–Kier alpha value is -6.27. The summed E-state index contributed by atoms with van der Waals surface area (Å²) in [4.78, 5) is 6.79. The molecule has 1 N–H and O–H groups in total. The summed E-state index contributed by atoms with van der Waals surface area (Å²) in [5.41, 5.74) is 7.02. The van der Waals surface area contributed by atoms with Crippen molar-refractivity contribution in [1.82, 2.24) is 9.88 Å². The van der Waals surface area contributed by atoms with Crippen LogP contribution in [0.5, 0.6) is 0 Å². The van der Waals surface area contributed by atoms with E-state index in [-0.39, 0.29) is 6.04 Å². The molecule has 53 heavy (non-hydrogen) atoms. The van der Waals surface area contributed by atoms with Gasteiger partial charge in [-0.05, 0) is 57.1 Å². The van der Waals surface area contributed by atoms with Crippen LogP contribution in [0.15, 0.2) is 169 Å². The van der Waals surface area contributed by atoms with Gasteiger partial charge in [0.15, 0.2) is 0 Å². The standard InChI is InChI=1S/C48H29N3S2/c1-2-10-28(11-3-1)29-18-20-31(21-19-29)44-47-45(37-14-6-9-17-40(37)53-47)50-48(49-44)51-38-15-7-4-12-32(38)34-26-25-33-35(46(34)51)24-22-30-23-27-41-43(42(30)33)36-13-5-8-16-39(36)52-41/h1-27,44H,(H,49,50). The highest BCUT2D eigenvalue weighted by atomic mass is 32.1. The lowest BCUT2D eigenvalue weighted by atomic mass is 9.96. The number of nitrogens with one attached hydrogen (secondary N) is 1. The van der Waals surface area contributed by atoms with Crippen molar-refractivity contribution in [2.24, 2.45) is 4.99 Å². The monoisotopic (exact) mass is 711 g/mol. The van der Waals surface area contributed by atoms with Gasteiger partial charge in [0.25, 0.3) is 0 Å². The molecule has 0 radical (unpaired) electrons. The number of benzene rings is 8. The molecule has 0 fully saturated rings. The van der Waals surface area contributed by atoms with Gasteiger partial charge in [-0.1, -0.05) is 140 Å². The Balaban J connectivity index is 1.14. The molecule has 12 rings (SSSR count). The van der Waals surface area contributed by atoms with Gasteiger partial charge in [-0.25, -0.2) is 4.99 Å². The number of hydrogen-bond donors (Lipinski definition) is 1. The highest BCUT2D eigenvalue weighted by Crippen LogP contribution is 2.47. The summed E-state index contributed by atoms with van der Waals surface area (Å²) in [7, 11) is 0. The van der Waals surface area contributed by atoms with E-state index in [9.17, 15) is 0 Å². The van der Waals surface area contributed by atoms with Crippen LogP contribution >= 0.6 is 22.7 Å². The van der Waals surface area contributed by atoms with Crippen molar-refractivity contribution in [2.45, 2.75) is 6.04 Å². The molecule has 4 heterocycles. The minimum Gasteiger partial charge on any atom is -0.343 e. The summed E-state index contributed by atoms with van der Waals surface area (Å²) in [6.07, 6.45) is 0. The Bertz CT molecular complexity index is 3310. The molecule has 8 aromatic carbocycles. The summed E-state index contributed by atoms with van der Waals surface area (Å²) >= 11 is 3.72. The molecule has 0 spiro atoms. The predicted molar refractivity (Wildman–Crippen MR) is 229 cm³/mol. The quantitative estimate of drug-likeness (QED) is 0.178. The molecule has 248 valence electrons. The number of hydrogen-bond acceptors (Lipinski definition) is 4. The molecule has 0 bridgehead atoms. The first-order valence-electron chi connectivity index (χ1n) is 18.0. The van der Waals surface area contributed by atoms with E-state index in [0.717, 1.165) is 17.2 Å². The molecule has 0 aliphatic carbocycles. The molecular formula is C48H29N3S2. The van der Waals surface area contributed by atoms with Crippen LogP contribution in [0.1, 0.15) is 16.5 Å². The second-order valence-corrected chi connectivity index (χ2v) is 16.1. The molecule has 3 aromatic heterocycles. The van der Waals surface area contributed by atoms with Gasteiger partial charge < -0.3 is 5.32 Å². The molecule has 0 amide bonds. The molecule has 1 unspecified atom stereocenters. The van der Waals surface area contributed by atoms with Gasteiger partial charge in [0.1, 0.15) is 0 Å². The summed E-state index contributed by atoms with van der Waals surface area (Å²) < 4.78 is 6.29. The zero-order valence-electron chi connectivity index (χ0n) is 28.4. The Morgan fingerprint density at radius 3 is 1.96 bits per heavy atom. The third kappa shape index (κ3) is 4.23. The fourth-order valence-electron chi connectivity index (χ4n) is 8.67. The van der Waals surface area contributed by atoms with E-state index in [2.05, 4.69) is 174 Å². The first-order chi connectivity index (χ1) is 26.3. The van der Waals surface area contributed by atoms with Crippen LogP contribution in [0.25, 0.3) is 84.7 Å². The number of para-hydroxylation sites is 1. The molecule has 0 saturated carbocycles. The maximum absolute atomic E-state index is 5.55. The molecular weight excluding hydrogens is 683 g/mol. The highest BCUT2D eigenvalue weighted by molar-refractivity contribution is 7.26. The summed E-state index contributed by atoms with van der Waals surface area (Å²) in [6, 6.07) is 59.8. The predicted octanol–water partition coefficient (Wildman–Crippen LogP) is 13.6. The summed E-state index contributed by atoms with van der Waals surface area (Å²) in [6.45, 7) is 0. The third-order valence-corrected chi connectivity index (χ3v) is 13.4. The average molecular weight is 712 g/mol. The fraction of sp³-hybridized carbons (Fsp3) is 0.0208. The minimum absolute atomic E-state index is 0.0662. The van der Waals surface area contributed by atoms with Gasteiger partial charge in [-0.2, -0.15) is 0 Å². The fourth-order valence-corrected chi connectivity index (χ4v) is 11.0. The second kappa shape index (κ2) is 11.1. The van der Waals surface area contributed by atoms with Crippen molar-refractivity contribution in [3.63, 3.8) is 0 Å². The summed E-state index contributed by atoms with van der Waals surface area (Å²) in [5, 5.41) is 15.4. The summed E-state index contributed by atoms with van der Waals surface area (Å²) in [5.74, 6) is 0.844. The van der Waals surface area contributed by atoms with Crippen molar-refractivity contribution in [1.29, 1.82) is 0 Å². The third-order valence-electron chi connectivity index (χ3n) is 11.1. The molecule has 1 aliphatic rings. The van der Waals surface area contributed by atoms with Gasteiger partial charge in [0.2, 0.25) is 5.96 Å². The Labute approximate surface area is 312 Å². The van der Waals surface area contributed by atoms with Gasteiger partial charge in [0.05, 0.1) is 27.6 Å². The smallest absolute Gasteiger partial charge is 0.209 e. The lowest BCUT2D eigenvalue weighted by molar-refractivity contribution is 0.747. The Morgan fingerprint density at radius 2 is 1.11 bits per heavy atom. The molecule has 5 heteroatoms. The van der Waals surface area contributed by atoms with Crippen LogP contribution in [0.2, 0.25) is 0 Å². The largest absolute Gasteiger partial charge is 0.343 e. The topological polar surface area (TPSA) is 29.3 Å². The maximum Gasteiger partial charge on any atom is 0.209 e. The van der Waals surface area contributed by atoms with Gasteiger partial charge in [-0.3, -0.25) is 4.57 Å². The SMILES string of the molecule is c1ccc(-c2ccc(C3NC(n4c5ccccc5c5ccc6c(ccc7ccc8sc9ccccc9c8c76)c54)=Nc4c3sc3ccccc43)cc2)cc1. The minimum atomic E-state index is -0.0662. The van der Waals surface area contributed by atoms with Crippen LogP contribution < -0.4 is 5.32 Å². The van der Waals surface area contributed by atoms with Crippen LogP contribution in [-0.2, 0) is 0 Å². The average Bonchev–Trinajstić information content (AvgIpc) is 3.90. The van der Waals surface area contributed by atoms with Gasteiger partial charge >= 0.3 is 0 Å². The van der Waals surface area contributed by atoms with Crippen molar-refractivity contribution in [2.75, 3.05) is 0 Å². The lowest BCUT2D eigenvalue weighted by Gasteiger charge is -2.27. The van der Waals surface area contributed by atoms with Gasteiger partial charge in [0, 0.05) is 46.4 Å². The van der Waals surface area contributed by atoms with Gasteiger partial charge in [-0.15, -0.1) is 22.7 Å². The number of thiophene rings is 2. The number of fused-ring (bicyclic) bond motifs is 14. The Kier molecular flexibility index (Phi) is 6.15. The van der Waals surface area contributed by atoms with Crippen LogP contribution in [-0.4, -0.2) is 10.5 Å². The van der Waals surface area contributed by atoms with E-state index in [0.29, 0.717) is 0 Å². The van der Waals surface area contributed by atoms with E-state index in [1.807, 2.05) is 22.7 Å². The first kappa shape index (κ1) is 29.3. The number of aromatic nitrogens is 1. The van der Waals surface area contributed by atoms with Crippen molar-refractivity contribution in [3.8, 4) is 11.1 Å². The van der Waals surface area contributed by atoms with Crippen LogP contribution in [0, 0.1) is 0 Å². The van der Waals surface area contributed by atoms with E-state index >= 15 is 0 Å². The first-order valence-corrected chi connectivity index (χ1v) is 19.6. The zero-order valence-corrected chi connectivity index (χ0v) is 30.0. The van der Waals surface area contributed by atoms with E-state index < -0.39 is 0 Å². The maximum atomic E-state index is 5.55. The van der Waals surface area contributed by atoms with Crippen LogP contribution in [0.3, 0.4) is 0 Å². The van der Waals surface area contributed by atoms with Crippen LogP contribution in [0.4, 0.5) is 5.69 Å². The molecule has 0 saturated heterocycles.